The fourth-order valence-corrected chi connectivity index (χ4v) is 1.17. The molecule has 0 saturated carbocycles. The molecule has 0 heterocycles. The number of nitrogens with one attached hydrogen (secondary N) is 1. The van der Waals surface area contributed by atoms with Gasteiger partial charge in [-0.1, -0.05) is 13.8 Å². The highest BCUT2D eigenvalue weighted by atomic mass is 16.5. The summed E-state index contributed by atoms with van der Waals surface area (Å²) in [4.78, 5) is 11.4. The molecule has 0 aromatic rings. The fraction of sp³-hybridized carbons (Fsp3) is 0.917. The van der Waals surface area contributed by atoms with Crippen LogP contribution in [0.4, 0.5) is 0 Å². The maximum Gasteiger partial charge on any atom is 0.248 e. The van der Waals surface area contributed by atoms with Gasteiger partial charge in [-0.25, -0.2) is 0 Å². The third-order valence-electron chi connectivity index (χ3n) is 2.00. The molecule has 0 aliphatic carbocycles. The van der Waals surface area contributed by atoms with E-state index in [-0.39, 0.29) is 12.0 Å². The molecule has 1 amide bonds. The standard InChI is InChI=1S/C12H25NO3/c1-5-16-11(4)12(14)13-7-6-8-15-9-10(2)3/h10-11H,5-9H2,1-4H3,(H,13,14). The van der Waals surface area contributed by atoms with E-state index in [0.29, 0.717) is 25.7 Å². The first-order valence-electron chi connectivity index (χ1n) is 6.05. The van der Waals surface area contributed by atoms with Crippen LogP contribution < -0.4 is 5.32 Å². The molecule has 0 aliphatic rings. The summed E-state index contributed by atoms with van der Waals surface area (Å²) >= 11 is 0. The Morgan fingerprint density at radius 1 is 1.31 bits per heavy atom. The van der Waals surface area contributed by atoms with Gasteiger partial charge in [0.25, 0.3) is 0 Å². The maximum atomic E-state index is 11.4. The molecule has 0 aromatic carbocycles. The van der Waals surface area contributed by atoms with E-state index in [9.17, 15) is 4.79 Å². The van der Waals surface area contributed by atoms with Gasteiger partial charge in [-0.2, -0.15) is 0 Å². The molecular weight excluding hydrogens is 206 g/mol. The number of hydrogen-bond donors (Lipinski definition) is 1. The number of carbonyl (C=O) groups excluding carboxylic acids is 1. The van der Waals surface area contributed by atoms with Crippen molar-refractivity contribution in [2.75, 3.05) is 26.4 Å². The lowest BCUT2D eigenvalue weighted by molar-refractivity contribution is -0.131. The lowest BCUT2D eigenvalue weighted by Gasteiger charge is -2.12. The smallest absolute Gasteiger partial charge is 0.248 e. The average molecular weight is 231 g/mol. The summed E-state index contributed by atoms with van der Waals surface area (Å²) in [6.45, 7) is 10.6. The number of carbonyl (C=O) groups is 1. The van der Waals surface area contributed by atoms with E-state index in [2.05, 4.69) is 19.2 Å². The van der Waals surface area contributed by atoms with Crippen LogP contribution in [0.3, 0.4) is 0 Å². The highest BCUT2D eigenvalue weighted by Gasteiger charge is 2.10. The molecule has 0 aliphatic heterocycles. The first kappa shape index (κ1) is 15.4. The minimum Gasteiger partial charge on any atom is -0.381 e. The van der Waals surface area contributed by atoms with Crippen LogP contribution in [-0.2, 0) is 14.3 Å². The summed E-state index contributed by atoms with van der Waals surface area (Å²) in [6, 6.07) is 0. The molecule has 4 nitrogen and oxygen atoms in total. The molecule has 1 N–H and O–H groups in total. The lowest BCUT2D eigenvalue weighted by Crippen LogP contribution is -2.35. The maximum absolute atomic E-state index is 11.4. The van der Waals surface area contributed by atoms with Gasteiger partial charge in [0.05, 0.1) is 0 Å². The molecule has 0 saturated heterocycles. The summed E-state index contributed by atoms with van der Waals surface area (Å²) in [5, 5.41) is 2.81. The Labute approximate surface area is 98.7 Å². The van der Waals surface area contributed by atoms with Crippen molar-refractivity contribution < 1.29 is 14.3 Å². The van der Waals surface area contributed by atoms with Crippen molar-refractivity contribution >= 4 is 5.91 Å². The SMILES string of the molecule is CCOC(C)C(=O)NCCCOCC(C)C. The molecule has 0 aromatic heterocycles. The molecule has 1 unspecified atom stereocenters. The van der Waals surface area contributed by atoms with Crippen molar-refractivity contribution in [3.8, 4) is 0 Å². The summed E-state index contributed by atoms with van der Waals surface area (Å²) in [5.41, 5.74) is 0. The Balaban J connectivity index is 3.34. The second-order valence-electron chi connectivity index (χ2n) is 4.21. The molecule has 0 fully saturated rings. The van der Waals surface area contributed by atoms with Crippen LogP contribution in [0.15, 0.2) is 0 Å². The van der Waals surface area contributed by atoms with Crippen LogP contribution in [0.5, 0.6) is 0 Å². The highest BCUT2D eigenvalue weighted by molar-refractivity contribution is 5.80. The molecular formula is C12H25NO3. The predicted molar refractivity (Wildman–Crippen MR) is 64.4 cm³/mol. The van der Waals surface area contributed by atoms with Crippen LogP contribution in [0.25, 0.3) is 0 Å². The van der Waals surface area contributed by atoms with Crippen LogP contribution in [0.2, 0.25) is 0 Å². The first-order valence-corrected chi connectivity index (χ1v) is 6.05. The van der Waals surface area contributed by atoms with Crippen LogP contribution in [0.1, 0.15) is 34.1 Å². The van der Waals surface area contributed by atoms with Crippen molar-refractivity contribution in [3.05, 3.63) is 0 Å². The number of hydrogen-bond acceptors (Lipinski definition) is 3. The molecule has 1 atom stereocenters. The quantitative estimate of drug-likeness (QED) is 0.613. The Morgan fingerprint density at radius 3 is 2.56 bits per heavy atom. The Kier molecular flexibility index (Phi) is 9.24. The van der Waals surface area contributed by atoms with Crippen molar-refractivity contribution in [1.29, 1.82) is 0 Å². The van der Waals surface area contributed by atoms with E-state index < -0.39 is 0 Å². The van der Waals surface area contributed by atoms with Gasteiger partial charge in [0.15, 0.2) is 0 Å². The fourth-order valence-electron chi connectivity index (χ4n) is 1.17. The average Bonchev–Trinajstić information content (AvgIpc) is 2.22. The van der Waals surface area contributed by atoms with Crippen LogP contribution >= 0.6 is 0 Å². The minimum atomic E-state index is -0.360. The predicted octanol–water partition coefficient (Wildman–Crippen LogP) is 1.59. The van der Waals surface area contributed by atoms with Gasteiger partial charge in [0.1, 0.15) is 6.10 Å². The summed E-state index contributed by atoms with van der Waals surface area (Å²) in [7, 11) is 0. The van der Waals surface area contributed by atoms with Crippen molar-refractivity contribution in [2.24, 2.45) is 5.92 Å². The molecule has 96 valence electrons. The third kappa shape index (κ3) is 8.68. The molecule has 0 bridgehead atoms. The highest BCUT2D eigenvalue weighted by Crippen LogP contribution is 1.93. The molecule has 16 heavy (non-hydrogen) atoms. The normalized spacial score (nSPS) is 12.8. The Bertz CT molecular complexity index is 183. The minimum absolute atomic E-state index is 0.0503. The van der Waals surface area contributed by atoms with Crippen molar-refractivity contribution in [2.45, 2.75) is 40.2 Å². The van der Waals surface area contributed by atoms with Gasteiger partial charge in [-0.05, 0) is 26.2 Å². The third-order valence-corrected chi connectivity index (χ3v) is 2.00. The van der Waals surface area contributed by atoms with E-state index in [1.807, 2.05) is 6.92 Å². The monoisotopic (exact) mass is 231 g/mol. The van der Waals surface area contributed by atoms with E-state index in [4.69, 9.17) is 9.47 Å². The number of amides is 1. The Hall–Kier alpha value is -0.610. The zero-order valence-electron chi connectivity index (χ0n) is 10.9. The van der Waals surface area contributed by atoms with Gasteiger partial charge in [0.2, 0.25) is 5.91 Å². The largest absolute Gasteiger partial charge is 0.381 e. The molecule has 4 heteroatoms. The van der Waals surface area contributed by atoms with Gasteiger partial charge >= 0.3 is 0 Å². The zero-order chi connectivity index (χ0) is 12.4. The number of ether oxygens (including phenoxy) is 2. The topological polar surface area (TPSA) is 47.6 Å². The van der Waals surface area contributed by atoms with E-state index in [1.165, 1.54) is 0 Å². The van der Waals surface area contributed by atoms with E-state index in [1.54, 1.807) is 6.92 Å². The Morgan fingerprint density at radius 2 is 2.00 bits per heavy atom. The van der Waals surface area contributed by atoms with Gasteiger partial charge in [-0.3, -0.25) is 4.79 Å². The van der Waals surface area contributed by atoms with E-state index in [0.717, 1.165) is 13.0 Å². The van der Waals surface area contributed by atoms with Crippen LogP contribution in [0, 0.1) is 5.92 Å². The molecule has 0 radical (unpaired) electrons. The van der Waals surface area contributed by atoms with E-state index >= 15 is 0 Å². The van der Waals surface area contributed by atoms with Gasteiger partial charge < -0.3 is 14.8 Å². The van der Waals surface area contributed by atoms with Crippen LogP contribution in [-0.4, -0.2) is 38.4 Å². The van der Waals surface area contributed by atoms with Crippen molar-refractivity contribution in [3.63, 3.8) is 0 Å². The zero-order valence-corrected chi connectivity index (χ0v) is 10.9. The first-order chi connectivity index (χ1) is 7.57. The lowest BCUT2D eigenvalue weighted by atomic mass is 10.2. The summed E-state index contributed by atoms with van der Waals surface area (Å²) in [5.74, 6) is 0.512. The summed E-state index contributed by atoms with van der Waals surface area (Å²) in [6.07, 6.45) is 0.485. The van der Waals surface area contributed by atoms with Gasteiger partial charge in [0, 0.05) is 26.4 Å². The molecule has 0 rings (SSSR count). The second kappa shape index (κ2) is 9.60. The number of rotatable bonds is 9. The molecule has 0 spiro atoms. The van der Waals surface area contributed by atoms with Gasteiger partial charge in [-0.15, -0.1) is 0 Å². The van der Waals surface area contributed by atoms with Crippen molar-refractivity contribution in [1.82, 2.24) is 5.32 Å². The summed E-state index contributed by atoms with van der Waals surface area (Å²) < 4.78 is 10.6. The second-order valence-corrected chi connectivity index (χ2v) is 4.21.